The third-order valence-corrected chi connectivity index (χ3v) is 5.01. The van der Waals surface area contributed by atoms with Gasteiger partial charge in [-0.05, 0) is 44.7 Å². The van der Waals surface area contributed by atoms with Crippen LogP contribution in [-0.2, 0) is 17.7 Å². The van der Waals surface area contributed by atoms with Crippen molar-refractivity contribution in [2.24, 2.45) is 4.99 Å². The molecule has 2 aliphatic rings. The molecular formula is C19H29IN6O2. The van der Waals surface area contributed by atoms with Gasteiger partial charge in [-0.25, -0.2) is 9.67 Å². The molecule has 28 heavy (non-hydrogen) atoms. The maximum atomic E-state index is 5.71. The van der Waals surface area contributed by atoms with Gasteiger partial charge in [-0.1, -0.05) is 0 Å². The molecule has 0 bridgehead atoms. The van der Waals surface area contributed by atoms with Crippen LogP contribution < -0.4 is 10.6 Å². The number of aryl methyl sites for hydroxylation is 2. The predicted octanol–water partition coefficient (Wildman–Crippen LogP) is 2.59. The number of furan rings is 1. The molecule has 1 fully saturated rings. The van der Waals surface area contributed by atoms with E-state index in [0.717, 1.165) is 75.2 Å². The maximum absolute atomic E-state index is 5.71. The molecule has 154 valence electrons. The van der Waals surface area contributed by atoms with Crippen molar-refractivity contribution in [1.82, 2.24) is 25.4 Å². The van der Waals surface area contributed by atoms with Gasteiger partial charge in [0.2, 0.25) is 0 Å². The summed E-state index contributed by atoms with van der Waals surface area (Å²) in [5.41, 5.74) is 0. The van der Waals surface area contributed by atoms with Crippen molar-refractivity contribution in [3.63, 3.8) is 0 Å². The van der Waals surface area contributed by atoms with E-state index in [9.17, 15) is 0 Å². The highest BCUT2D eigenvalue weighted by molar-refractivity contribution is 14.0. The highest BCUT2D eigenvalue weighted by atomic mass is 127. The molecule has 0 aromatic carbocycles. The second-order valence-electron chi connectivity index (χ2n) is 7.16. The number of guanidine groups is 1. The number of nitrogens with one attached hydrogen (secondary N) is 2. The van der Waals surface area contributed by atoms with Gasteiger partial charge in [0.15, 0.2) is 5.96 Å². The van der Waals surface area contributed by atoms with E-state index in [0.29, 0.717) is 6.54 Å². The smallest absolute Gasteiger partial charge is 0.191 e. The Morgan fingerprint density at radius 3 is 3.07 bits per heavy atom. The molecule has 0 aliphatic carbocycles. The van der Waals surface area contributed by atoms with Crippen LogP contribution in [0.2, 0.25) is 0 Å². The standard InChI is InChI=1S/C19H28N6O2.HI/c1-14-22-18-17(7-2-10-25(18)24-14)23-19(21-13-16-6-4-12-27-16)20-9-8-15-5-3-11-26-15;/h3,5,11,16-17H,2,4,6-10,12-13H2,1H3,(H2,20,21,23);1H. The number of aromatic nitrogens is 3. The van der Waals surface area contributed by atoms with Crippen LogP contribution in [-0.4, -0.2) is 46.5 Å². The summed E-state index contributed by atoms with van der Waals surface area (Å²) in [7, 11) is 0. The summed E-state index contributed by atoms with van der Waals surface area (Å²) in [6, 6.07) is 4.03. The summed E-state index contributed by atoms with van der Waals surface area (Å²) < 4.78 is 13.1. The molecule has 4 heterocycles. The van der Waals surface area contributed by atoms with Gasteiger partial charge in [-0.15, -0.1) is 24.0 Å². The minimum absolute atomic E-state index is 0. The highest BCUT2D eigenvalue weighted by Gasteiger charge is 2.24. The van der Waals surface area contributed by atoms with E-state index in [1.165, 1.54) is 0 Å². The van der Waals surface area contributed by atoms with Gasteiger partial charge in [-0.3, -0.25) is 4.99 Å². The molecule has 0 radical (unpaired) electrons. The molecular weight excluding hydrogens is 471 g/mol. The Hall–Kier alpha value is -1.62. The van der Waals surface area contributed by atoms with Crippen LogP contribution in [0.3, 0.4) is 0 Å². The van der Waals surface area contributed by atoms with Crippen LogP contribution in [0.4, 0.5) is 0 Å². The lowest BCUT2D eigenvalue weighted by atomic mass is 10.1. The van der Waals surface area contributed by atoms with Gasteiger partial charge in [-0.2, -0.15) is 5.10 Å². The molecule has 0 spiro atoms. The van der Waals surface area contributed by atoms with Crippen LogP contribution in [0.5, 0.6) is 0 Å². The van der Waals surface area contributed by atoms with Crippen LogP contribution in [0.1, 0.15) is 49.1 Å². The van der Waals surface area contributed by atoms with Crippen molar-refractivity contribution >= 4 is 29.9 Å². The largest absolute Gasteiger partial charge is 0.469 e. The van der Waals surface area contributed by atoms with Crippen LogP contribution >= 0.6 is 24.0 Å². The first-order chi connectivity index (χ1) is 13.3. The van der Waals surface area contributed by atoms with Gasteiger partial charge in [0, 0.05) is 26.1 Å². The Morgan fingerprint density at radius 1 is 1.36 bits per heavy atom. The second kappa shape index (κ2) is 10.2. The third kappa shape index (κ3) is 5.47. The summed E-state index contributed by atoms with van der Waals surface area (Å²) >= 11 is 0. The fraction of sp³-hybridized carbons (Fsp3) is 0.632. The van der Waals surface area contributed by atoms with Gasteiger partial charge in [0.1, 0.15) is 17.4 Å². The normalized spacial score (nSPS) is 21.8. The Bertz CT molecular complexity index is 755. The summed E-state index contributed by atoms with van der Waals surface area (Å²) in [6.45, 7) is 5.15. The number of ether oxygens (including phenoxy) is 1. The van der Waals surface area contributed by atoms with E-state index >= 15 is 0 Å². The quantitative estimate of drug-likeness (QED) is 0.360. The zero-order chi connectivity index (χ0) is 18.5. The van der Waals surface area contributed by atoms with Crippen molar-refractivity contribution in [3.8, 4) is 0 Å². The number of halogens is 1. The summed E-state index contributed by atoms with van der Waals surface area (Å²) in [5.74, 6) is 3.59. The van der Waals surface area contributed by atoms with Gasteiger partial charge >= 0.3 is 0 Å². The average molecular weight is 500 g/mol. The topological polar surface area (TPSA) is 89.5 Å². The number of nitrogens with zero attached hydrogens (tertiary/aromatic N) is 4. The van der Waals surface area contributed by atoms with Crippen LogP contribution in [0.15, 0.2) is 27.8 Å². The molecule has 2 N–H and O–H groups in total. The monoisotopic (exact) mass is 500 g/mol. The number of hydrogen-bond acceptors (Lipinski definition) is 5. The molecule has 2 aromatic heterocycles. The van der Waals surface area contributed by atoms with Crippen molar-refractivity contribution in [2.75, 3.05) is 19.7 Å². The summed E-state index contributed by atoms with van der Waals surface area (Å²) in [5, 5.41) is 11.5. The molecule has 2 unspecified atom stereocenters. The van der Waals surface area contributed by atoms with Crippen LogP contribution in [0, 0.1) is 6.92 Å². The molecule has 0 saturated carbocycles. The molecule has 2 atom stereocenters. The zero-order valence-corrected chi connectivity index (χ0v) is 18.6. The minimum atomic E-state index is 0. The maximum Gasteiger partial charge on any atom is 0.191 e. The lowest BCUT2D eigenvalue weighted by Gasteiger charge is -2.25. The number of rotatable bonds is 6. The Kier molecular flexibility index (Phi) is 7.72. The number of hydrogen-bond donors (Lipinski definition) is 2. The van der Waals surface area contributed by atoms with E-state index in [-0.39, 0.29) is 36.1 Å². The van der Waals surface area contributed by atoms with E-state index in [1.54, 1.807) is 6.26 Å². The van der Waals surface area contributed by atoms with Gasteiger partial charge in [0.25, 0.3) is 0 Å². The third-order valence-electron chi connectivity index (χ3n) is 5.01. The summed E-state index contributed by atoms with van der Waals surface area (Å²) in [6.07, 6.45) is 7.06. The molecule has 1 saturated heterocycles. The number of aliphatic imine (C=N–C) groups is 1. The van der Waals surface area contributed by atoms with Gasteiger partial charge in [0.05, 0.1) is 25.0 Å². The summed E-state index contributed by atoms with van der Waals surface area (Å²) in [4.78, 5) is 9.39. The molecule has 4 rings (SSSR count). The van der Waals surface area contributed by atoms with Crippen molar-refractivity contribution in [3.05, 3.63) is 35.8 Å². The Morgan fingerprint density at radius 2 is 2.29 bits per heavy atom. The van der Waals surface area contributed by atoms with Crippen molar-refractivity contribution < 1.29 is 9.15 Å². The van der Waals surface area contributed by atoms with E-state index < -0.39 is 0 Å². The first-order valence-electron chi connectivity index (χ1n) is 9.88. The van der Waals surface area contributed by atoms with Gasteiger partial charge < -0.3 is 19.8 Å². The first kappa shape index (κ1) is 21.1. The average Bonchev–Trinajstić information content (AvgIpc) is 3.41. The molecule has 2 aliphatic heterocycles. The SMILES string of the molecule is Cc1nc2n(n1)CCCC2NC(=NCC1CCCO1)NCCc1ccco1.I. The van der Waals surface area contributed by atoms with Crippen molar-refractivity contribution in [1.29, 1.82) is 0 Å². The molecule has 8 nitrogen and oxygen atoms in total. The van der Waals surface area contributed by atoms with Crippen molar-refractivity contribution in [2.45, 2.75) is 57.7 Å². The van der Waals surface area contributed by atoms with Crippen LogP contribution in [0.25, 0.3) is 0 Å². The lowest BCUT2D eigenvalue weighted by Crippen LogP contribution is -2.42. The van der Waals surface area contributed by atoms with E-state index in [4.69, 9.17) is 14.1 Å². The highest BCUT2D eigenvalue weighted by Crippen LogP contribution is 2.22. The molecule has 9 heteroatoms. The second-order valence-corrected chi connectivity index (χ2v) is 7.16. The Labute approximate surface area is 182 Å². The first-order valence-corrected chi connectivity index (χ1v) is 9.88. The fourth-order valence-electron chi connectivity index (χ4n) is 3.66. The predicted molar refractivity (Wildman–Crippen MR) is 117 cm³/mol. The lowest BCUT2D eigenvalue weighted by molar-refractivity contribution is 0.117. The minimum Gasteiger partial charge on any atom is -0.469 e. The molecule has 2 aromatic rings. The fourth-order valence-corrected chi connectivity index (χ4v) is 3.66. The Balaban J connectivity index is 0.00000225. The molecule has 0 amide bonds. The van der Waals surface area contributed by atoms with E-state index in [1.807, 2.05) is 23.7 Å². The van der Waals surface area contributed by atoms with E-state index in [2.05, 4.69) is 20.7 Å². The zero-order valence-electron chi connectivity index (χ0n) is 16.3. The number of fused-ring (bicyclic) bond motifs is 1.